The Morgan fingerprint density at radius 2 is 2.06 bits per heavy atom. The monoisotopic (exact) mass is 215 g/mol. The van der Waals surface area contributed by atoms with Crippen LogP contribution in [0.2, 0.25) is 0 Å². The van der Waals surface area contributed by atoms with Crippen molar-refractivity contribution in [1.29, 1.82) is 0 Å². The molecule has 0 aliphatic rings. The quantitative estimate of drug-likeness (QED) is 0.769. The molecule has 0 fully saturated rings. The van der Waals surface area contributed by atoms with Crippen molar-refractivity contribution in [2.75, 3.05) is 0 Å². The van der Waals surface area contributed by atoms with Crippen LogP contribution in [-0.4, -0.2) is 10.8 Å². The van der Waals surface area contributed by atoms with Crippen LogP contribution in [0.3, 0.4) is 0 Å². The molecule has 0 radical (unpaired) electrons. The van der Waals surface area contributed by atoms with Gasteiger partial charge in [0.15, 0.2) is 0 Å². The molecule has 16 heavy (non-hydrogen) atoms. The van der Waals surface area contributed by atoms with E-state index in [1.807, 2.05) is 18.2 Å². The van der Waals surface area contributed by atoms with Crippen molar-refractivity contribution in [3.05, 3.63) is 54.2 Å². The number of carbonyl (C=O) groups excluding carboxylic acids is 1. The number of pyridine rings is 1. The van der Waals surface area contributed by atoms with Crippen LogP contribution >= 0.6 is 0 Å². The molecule has 0 amide bonds. The van der Waals surface area contributed by atoms with Crippen LogP contribution < -0.4 is 0 Å². The van der Waals surface area contributed by atoms with Crippen molar-refractivity contribution in [3.8, 4) is 0 Å². The Morgan fingerprint density at radius 1 is 1.25 bits per heavy atom. The van der Waals surface area contributed by atoms with Gasteiger partial charge in [0.05, 0.1) is 12.7 Å². The number of carbonyl (C=O) groups is 1. The average molecular weight is 215 g/mol. The van der Waals surface area contributed by atoms with Gasteiger partial charge in [0.2, 0.25) is 0 Å². The highest BCUT2D eigenvalue weighted by molar-refractivity contribution is 5.80. The van der Waals surface area contributed by atoms with Crippen molar-refractivity contribution >= 4 is 5.78 Å². The van der Waals surface area contributed by atoms with Crippen molar-refractivity contribution in [2.24, 2.45) is 0 Å². The van der Waals surface area contributed by atoms with Crippen LogP contribution in [0.1, 0.15) is 17.7 Å². The Labute approximate surface area is 94.1 Å². The predicted octanol–water partition coefficient (Wildman–Crippen LogP) is 2.42. The molecular weight excluding hydrogens is 202 g/mol. The zero-order valence-electron chi connectivity index (χ0n) is 8.93. The highest BCUT2D eigenvalue weighted by atomic mass is 16.3. The van der Waals surface area contributed by atoms with Crippen LogP contribution in [-0.2, 0) is 17.6 Å². The smallest absolute Gasteiger partial charge is 0.140 e. The Kier molecular flexibility index (Phi) is 3.49. The van der Waals surface area contributed by atoms with E-state index in [1.54, 1.807) is 24.7 Å². The number of rotatable bonds is 5. The molecule has 0 N–H and O–H groups in total. The summed E-state index contributed by atoms with van der Waals surface area (Å²) in [6, 6.07) is 7.48. The van der Waals surface area contributed by atoms with Gasteiger partial charge in [-0.25, -0.2) is 0 Å². The summed E-state index contributed by atoms with van der Waals surface area (Å²) in [6.45, 7) is 0. The maximum absolute atomic E-state index is 11.6. The zero-order valence-corrected chi connectivity index (χ0v) is 8.93. The van der Waals surface area contributed by atoms with E-state index in [0.29, 0.717) is 12.8 Å². The van der Waals surface area contributed by atoms with Gasteiger partial charge in [-0.1, -0.05) is 0 Å². The maximum atomic E-state index is 11.6. The van der Waals surface area contributed by atoms with Crippen LogP contribution in [0.5, 0.6) is 0 Å². The molecule has 82 valence electrons. The molecule has 0 unspecified atom stereocenters. The third-order valence-electron chi connectivity index (χ3n) is 2.39. The first kappa shape index (κ1) is 10.6. The summed E-state index contributed by atoms with van der Waals surface area (Å²) in [5.41, 5.74) is 1.14. The molecule has 0 aliphatic carbocycles. The van der Waals surface area contributed by atoms with Crippen molar-refractivity contribution in [1.82, 2.24) is 4.98 Å². The minimum Gasteiger partial charge on any atom is -0.469 e. The van der Waals surface area contributed by atoms with Gasteiger partial charge in [-0.3, -0.25) is 9.78 Å². The predicted molar refractivity (Wildman–Crippen MR) is 60.0 cm³/mol. The number of Topliss-reactive ketones (excluding diaryl/α,β-unsaturated/α-hetero) is 1. The lowest BCUT2D eigenvalue weighted by Gasteiger charge is -1.99. The first-order chi connectivity index (χ1) is 7.84. The van der Waals surface area contributed by atoms with E-state index in [4.69, 9.17) is 4.42 Å². The number of furan rings is 1. The van der Waals surface area contributed by atoms with E-state index in [-0.39, 0.29) is 5.78 Å². The van der Waals surface area contributed by atoms with Gasteiger partial charge in [-0.15, -0.1) is 0 Å². The summed E-state index contributed by atoms with van der Waals surface area (Å²) < 4.78 is 5.13. The lowest BCUT2D eigenvalue weighted by atomic mass is 10.1. The number of hydrogen-bond donors (Lipinski definition) is 0. The normalized spacial score (nSPS) is 10.2. The molecule has 2 heterocycles. The number of nitrogens with zero attached hydrogens (tertiary/aromatic N) is 1. The summed E-state index contributed by atoms with van der Waals surface area (Å²) >= 11 is 0. The van der Waals surface area contributed by atoms with Crippen LogP contribution in [0.4, 0.5) is 0 Å². The minimum atomic E-state index is 0.201. The third kappa shape index (κ3) is 3.05. The van der Waals surface area contributed by atoms with Crippen molar-refractivity contribution in [3.63, 3.8) is 0 Å². The number of aryl methyl sites for hydroxylation is 1. The third-order valence-corrected chi connectivity index (χ3v) is 2.39. The molecule has 0 saturated heterocycles. The largest absolute Gasteiger partial charge is 0.469 e. The van der Waals surface area contributed by atoms with Gasteiger partial charge >= 0.3 is 0 Å². The Morgan fingerprint density at radius 3 is 2.75 bits per heavy atom. The SMILES string of the molecule is O=C(CCc1ccncc1)Cc1ccco1. The van der Waals surface area contributed by atoms with E-state index in [1.165, 1.54) is 0 Å². The van der Waals surface area contributed by atoms with E-state index >= 15 is 0 Å². The van der Waals surface area contributed by atoms with E-state index in [9.17, 15) is 4.79 Å². The molecule has 0 spiro atoms. The van der Waals surface area contributed by atoms with Gasteiger partial charge in [-0.05, 0) is 36.2 Å². The topological polar surface area (TPSA) is 43.1 Å². The van der Waals surface area contributed by atoms with E-state index in [0.717, 1.165) is 17.7 Å². The van der Waals surface area contributed by atoms with Crippen LogP contribution in [0.25, 0.3) is 0 Å². The first-order valence-electron chi connectivity index (χ1n) is 5.27. The molecule has 0 bridgehead atoms. The van der Waals surface area contributed by atoms with Gasteiger partial charge in [0, 0.05) is 18.8 Å². The second kappa shape index (κ2) is 5.26. The molecule has 3 heteroatoms. The Hall–Kier alpha value is -1.90. The molecule has 2 aromatic rings. The maximum Gasteiger partial charge on any atom is 0.140 e. The standard InChI is InChI=1S/C13H13NO2/c15-12(10-13-2-1-9-16-13)4-3-11-5-7-14-8-6-11/h1-2,5-9H,3-4,10H2. The summed E-state index contributed by atoms with van der Waals surface area (Å²) in [6.07, 6.45) is 6.77. The highest BCUT2D eigenvalue weighted by Crippen LogP contribution is 2.06. The molecular formula is C13H13NO2. The van der Waals surface area contributed by atoms with E-state index < -0.39 is 0 Å². The van der Waals surface area contributed by atoms with Gasteiger partial charge in [0.1, 0.15) is 11.5 Å². The second-order valence-electron chi connectivity index (χ2n) is 3.65. The minimum absolute atomic E-state index is 0.201. The number of hydrogen-bond acceptors (Lipinski definition) is 3. The fourth-order valence-electron chi connectivity index (χ4n) is 1.53. The summed E-state index contributed by atoms with van der Waals surface area (Å²) in [5, 5.41) is 0. The number of ketones is 1. The summed E-state index contributed by atoms with van der Waals surface area (Å²) in [5.74, 6) is 0.937. The molecule has 0 aromatic carbocycles. The Bertz CT molecular complexity index is 434. The molecule has 2 aromatic heterocycles. The van der Waals surface area contributed by atoms with Crippen molar-refractivity contribution in [2.45, 2.75) is 19.3 Å². The van der Waals surface area contributed by atoms with Crippen LogP contribution in [0.15, 0.2) is 47.3 Å². The summed E-state index contributed by atoms with van der Waals surface area (Å²) in [4.78, 5) is 15.5. The van der Waals surface area contributed by atoms with Crippen molar-refractivity contribution < 1.29 is 9.21 Å². The molecule has 0 saturated carbocycles. The van der Waals surface area contributed by atoms with E-state index in [2.05, 4.69) is 4.98 Å². The number of aromatic nitrogens is 1. The van der Waals surface area contributed by atoms with Gasteiger partial charge in [0.25, 0.3) is 0 Å². The van der Waals surface area contributed by atoms with Gasteiger partial charge < -0.3 is 4.42 Å². The second-order valence-corrected chi connectivity index (χ2v) is 3.65. The molecule has 0 aliphatic heterocycles. The van der Waals surface area contributed by atoms with Gasteiger partial charge in [-0.2, -0.15) is 0 Å². The zero-order chi connectivity index (χ0) is 11.2. The Balaban J connectivity index is 1.80. The molecule has 0 atom stereocenters. The fraction of sp³-hybridized carbons (Fsp3) is 0.231. The highest BCUT2D eigenvalue weighted by Gasteiger charge is 2.05. The lowest BCUT2D eigenvalue weighted by molar-refractivity contribution is -0.118. The average Bonchev–Trinajstić information content (AvgIpc) is 2.81. The lowest BCUT2D eigenvalue weighted by Crippen LogP contribution is -2.03. The first-order valence-corrected chi connectivity index (χ1v) is 5.27. The molecule has 3 nitrogen and oxygen atoms in total. The van der Waals surface area contributed by atoms with Crippen LogP contribution in [0, 0.1) is 0 Å². The molecule has 2 rings (SSSR count). The summed E-state index contributed by atoms with van der Waals surface area (Å²) in [7, 11) is 0. The fourth-order valence-corrected chi connectivity index (χ4v) is 1.53.